The molecule has 1 aromatic heterocycles. The van der Waals surface area contributed by atoms with Crippen molar-refractivity contribution in [2.24, 2.45) is 0 Å². The van der Waals surface area contributed by atoms with E-state index in [-0.39, 0.29) is 11.7 Å². The number of hydrogen-bond acceptors (Lipinski definition) is 3. The number of carbonyl (C=O) groups excluding carboxylic acids is 1. The van der Waals surface area contributed by atoms with Gasteiger partial charge in [0.1, 0.15) is 17.3 Å². The quantitative estimate of drug-likeness (QED) is 0.530. The Hall–Kier alpha value is -3.73. The topological polar surface area (TPSA) is 51.2 Å². The third kappa shape index (κ3) is 4.15. The van der Waals surface area contributed by atoms with Gasteiger partial charge in [-0.1, -0.05) is 24.3 Å². The maximum absolute atomic E-state index is 13.3. The van der Waals surface area contributed by atoms with Crippen LogP contribution in [0.2, 0.25) is 0 Å². The smallest absolute Gasteiger partial charge is 0.251 e. The summed E-state index contributed by atoms with van der Waals surface area (Å²) < 4.78 is 19.0. The summed E-state index contributed by atoms with van der Waals surface area (Å²) in [6.45, 7) is 0.351. The number of benzene rings is 3. The second-order valence-corrected chi connectivity index (χ2v) is 6.30. The van der Waals surface area contributed by atoms with Crippen molar-refractivity contribution in [2.45, 2.75) is 6.54 Å². The number of ether oxygens (including phenoxy) is 1. The van der Waals surface area contributed by atoms with Crippen molar-refractivity contribution in [3.63, 3.8) is 0 Å². The van der Waals surface area contributed by atoms with Gasteiger partial charge in [0.2, 0.25) is 0 Å². The fourth-order valence-corrected chi connectivity index (χ4v) is 2.89. The third-order valence-corrected chi connectivity index (χ3v) is 4.25. The summed E-state index contributed by atoms with van der Waals surface area (Å²) in [7, 11) is 0. The first-order chi connectivity index (χ1) is 13.7. The second-order valence-electron chi connectivity index (χ2n) is 6.30. The zero-order valence-electron chi connectivity index (χ0n) is 14.9. The molecule has 0 bridgehead atoms. The Morgan fingerprint density at radius 2 is 1.75 bits per heavy atom. The molecule has 0 saturated heterocycles. The molecule has 0 saturated carbocycles. The molecule has 0 unspecified atom stereocenters. The zero-order valence-corrected chi connectivity index (χ0v) is 14.9. The number of carbonyl (C=O) groups is 1. The van der Waals surface area contributed by atoms with E-state index in [4.69, 9.17) is 4.74 Å². The highest BCUT2D eigenvalue weighted by atomic mass is 19.1. The van der Waals surface area contributed by atoms with E-state index in [9.17, 15) is 9.18 Å². The number of fused-ring (bicyclic) bond motifs is 1. The Balaban J connectivity index is 1.43. The molecule has 4 nitrogen and oxygen atoms in total. The largest absolute Gasteiger partial charge is 0.457 e. The van der Waals surface area contributed by atoms with Crippen LogP contribution in [0.25, 0.3) is 10.9 Å². The van der Waals surface area contributed by atoms with E-state index in [1.807, 2.05) is 42.5 Å². The van der Waals surface area contributed by atoms with Gasteiger partial charge in [-0.3, -0.25) is 9.78 Å². The van der Waals surface area contributed by atoms with Crippen molar-refractivity contribution in [3.05, 3.63) is 102 Å². The molecule has 0 aliphatic heterocycles. The molecule has 138 valence electrons. The number of rotatable bonds is 5. The van der Waals surface area contributed by atoms with Crippen LogP contribution in [0.4, 0.5) is 4.39 Å². The lowest BCUT2D eigenvalue weighted by molar-refractivity contribution is 0.0951. The summed E-state index contributed by atoms with van der Waals surface area (Å²) in [5, 5.41) is 3.82. The Kier molecular flexibility index (Phi) is 4.97. The minimum Gasteiger partial charge on any atom is -0.457 e. The molecule has 5 heteroatoms. The fraction of sp³-hybridized carbons (Fsp3) is 0.0435. The summed E-state index contributed by atoms with van der Waals surface area (Å²) >= 11 is 0. The van der Waals surface area contributed by atoms with Gasteiger partial charge in [-0.05, 0) is 54.1 Å². The predicted molar refractivity (Wildman–Crippen MR) is 106 cm³/mol. The minimum atomic E-state index is -0.355. The van der Waals surface area contributed by atoms with Crippen molar-refractivity contribution < 1.29 is 13.9 Å². The monoisotopic (exact) mass is 372 g/mol. The molecule has 0 radical (unpaired) electrons. The van der Waals surface area contributed by atoms with Gasteiger partial charge in [0.05, 0.1) is 5.52 Å². The molecule has 0 spiro atoms. The highest BCUT2D eigenvalue weighted by molar-refractivity contribution is 5.97. The highest BCUT2D eigenvalue weighted by Gasteiger charge is 2.07. The van der Waals surface area contributed by atoms with Crippen molar-refractivity contribution in [3.8, 4) is 11.5 Å². The Morgan fingerprint density at radius 3 is 2.61 bits per heavy atom. The SMILES string of the molecule is O=C(NCc1cccc(Oc2cccc(F)c2)c1)c1ccc2ncccc2c1. The lowest BCUT2D eigenvalue weighted by atomic mass is 10.1. The molecule has 3 aromatic carbocycles. The van der Waals surface area contributed by atoms with E-state index < -0.39 is 0 Å². The molecular formula is C23H17FN2O2. The van der Waals surface area contributed by atoms with E-state index in [1.54, 1.807) is 30.5 Å². The fourth-order valence-electron chi connectivity index (χ4n) is 2.89. The Labute approximate surface area is 161 Å². The standard InChI is InChI=1S/C23H17FN2O2/c24-19-6-2-8-21(14-19)28-20-7-1-4-16(12-20)15-26-23(27)18-9-10-22-17(13-18)5-3-11-25-22/h1-14H,15H2,(H,26,27). The van der Waals surface area contributed by atoms with E-state index in [0.29, 0.717) is 23.6 Å². The van der Waals surface area contributed by atoms with Crippen LogP contribution in [-0.4, -0.2) is 10.9 Å². The summed E-state index contributed by atoms with van der Waals surface area (Å²) in [5.74, 6) is 0.480. The number of hydrogen-bond donors (Lipinski definition) is 1. The lowest BCUT2D eigenvalue weighted by Gasteiger charge is -2.09. The Morgan fingerprint density at radius 1 is 0.929 bits per heavy atom. The van der Waals surface area contributed by atoms with Crippen LogP contribution in [0.15, 0.2) is 85.1 Å². The highest BCUT2D eigenvalue weighted by Crippen LogP contribution is 2.23. The molecule has 4 aromatic rings. The number of pyridine rings is 1. The van der Waals surface area contributed by atoms with Gasteiger partial charge >= 0.3 is 0 Å². The number of amides is 1. The molecule has 1 heterocycles. The maximum atomic E-state index is 13.3. The average molecular weight is 372 g/mol. The van der Waals surface area contributed by atoms with Gasteiger partial charge in [0, 0.05) is 29.8 Å². The van der Waals surface area contributed by atoms with Crippen LogP contribution in [0, 0.1) is 5.82 Å². The second kappa shape index (κ2) is 7.88. The zero-order chi connectivity index (χ0) is 19.3. The first-order valence-electron chi connectivity index (χ1n) is 8.83. The van der Waals surface area contributed by atoms with Gasteiger partial charge in [0.15, 0.2) is 0 Å². The van der Waals surface area contributed by atoms with Crippen molar-refractivity contribution in [1.29, 1.82) is 0 Å². The molecule has 0 atom stereocenters. The number of nitrogens with zero attached hydrogens (tertiary/aromatic N) is 1. The molecule has 1 amide bonds. The van der Waals surface area contributed by atoms with Gasteiger partial charge in [0.25, 0.3) is 5.91 Å². The lowest BCUT2D eigenvalue weighted by Crippen LogP contribution is -2.22. The van der Waals surface area contributed by atoms with E-state index in [2.05, 4.69) is 10.3 Å². The number of nitrogens with one attached hydrogen (secondary N) is 1. The molecule has 0 aliphatic rings. The third-order valence-electron chi connectivity index (χ3n) is 4.25. The van der Waals surface area contributed by atoms with Gasteiger partial charge in [-0.15, -0.1) is 0 Å². The van der Waals surface area contributed by atoms with Crippen LogP contribution in [0.3, 0.4) is 0 Å². The summed E-state index contributed by atoms with van der Waals surface area (Å²) in [6.07, 6.45) is 1.72. The normalized spacial score (nSPS) is 10.6. The van der Waals surface area contributed by atoms with E-state index in [0.717, 1.165) is 16.5 Å². The van der Waals surface area contributed by atoms with Crippen LogP contribution < -0.4 is 10.1 Å². The van der Waals surface area contributed by atoms with E-state index in [1.165, 1.54) is 12.1 Å². The van der Waals surface area contributed by atoms with Gasteiger partial charge in [-0.25, -0.2) is 4.39 Å². The molecule has 28 heavy (non-hydrogen) atoms. The minimum absolute atomic E-state index is 0.165. The average Bonchev–Trinajstić information content (AvgIpc) is 2.72. The summed E-state index contributed by atoms with van der Waals surface area (Å²) in [6, 6.07) is 22.5. The maximum Gasteiger partial charge on any atom is 0.251 e. The van der Waals surface area contributed by atoms with Crippen molar-refractivity contribution in [1.82, 2.24) is 10.3 Å². The summed E-state index contributed by atoms with van der Waals surface area (Å²) in [4.78, 5) is 16.7. The van der Waals surface area contributed by atoms with Crippen LogP contribution in [0.5, 0.6) is 11.5 Å². The van der Waals surface area contributed by atoms with Crippen LogP contribution in [-0.2, 0) is 6.54 Å². The van der Waals surface area contributed by atoms with Crippen molar-refractivity contribution in [2.75, 3.05) is 0 Å². The Bertz CT molecular complexity index is 1140. The molecule has 1 N–H and O–H groups in total. The number of aromatic nitrogens is 1. The molecule has 4 rings (SSSR count). The molecule has 0 aliphatic carbocycles. The molecular weight excluding hydrogens is 355 g/mol. The van der Waals surface area contributed by atoms with Crippen LogP contribution >= 0.6 is 0 Å². The van der Waals surface area contributed by atoms with Gasteiger partial charge < -0.3 is 10.1 Å². The van der Waals surface area contributed by atoms with Crippen LogP contribution in [0.1, 0.15) is 15.9 Å². The van der Waals surface area contributed by atoms with Gasteiger partial charge in [-0.2, -0.15) is 0 Å². The summed E-state index contributed by atoms with van der Waals surface area (Å²) in [5.41, 5.74) is 2.30. The first kappa shape index (κ1) is 17.7. The first-order valence-corrected chi connectivity index (χ1v) is 8.83. The van der Waals surface area contributed by atoms with E-state index >= 15 is 0 Å². The predicted octanol–water partition coefficient (Wildman–Crippen LogP) is 5.10. The number of halogens is 1. The molecule has 0 fully saturated rings. The van der Waals surface area contributed by atoms with Crippen molar-refractivity contribution >= 4 is 16.8 Å².